The highest BCUT2D eigenvalue weighted by atomic mass is 19.4. The van der Waals surface area contributed by atoms with Gasteiger partial charge >= 0.3 is 6.18 Å². The molecule has 84 valence electrons. The lowest BCUT2D eigenvalue weighted by atomic mass is 9.90. The van der Waals surface area contributed by atoms with Gasteiger partial charge < -0.3 is 0 Å². The first-order chi connectivity index (χ1) is 6.68. The van der Waals surface area contributed by atoms with Crippen LogP contribution in [0.2, 0.25) is 0 Å². The lowest BCUT2D eigenvalue weighted by molar-refractivity contribution is -0.137. The maximum Gasteiger partial charge on any atom is 0.417 e. The van der Waals surface area contributed by atoms with Gasteiger partial charge in [-0.2, -0.15) is 13.2 Å². The van der Waals surface area contributed by atoms with Crippen LogP contribution < -0.4 is 0 Å². The van der Waals surface area contributed by atoms with Crippen LogP contribution in [0, 0.1) is 5.41 Å². The van der Waals surface area contributed by atoms with Crippen LogP contribution in [-0.2, 0) is 12.6 Å². The minimum absolute atomic E-state index is 0.0345. The molecule has 1 rings (SSSR count). The Labute approximate surface area is 87.3 Å². The zero-order valence-corrected chi connectivity index (χ0v) is 9.02. The van der Waals surface area contributed by atoms with Crippen molar-refractivity contribution in [3.8, 4) is 0 Å². The van der Waals surface area contributed by atoms with Gasteiger partial charge in [-0.3, -0.25) is 4.98 Å². The molecule has 0 aliphatic heterocycles. The number of alkyl halides is 3. The van der Waals surface area contributed by atoms with Gasteiger partial charge in [-0.25, -0.2) is 0 Å². The molecular weight excluding hydrogens is 203 g/mol. The van der Waals surface area contributed by atoms with Gasteiger partial charge in [0.15, 0.2) is 0 Å². The molecule has 0 radical (unpaired) electrons. The molecule has 1 aromatic rings. The standard InChI is InChI=1S/C11H14F3N/c1-10(2,3)6-9-5-4-8(7-15-9)11(12,13)14/h4-5,7H,6H2,1-3H3. The van der Waals surface area contributed by atoms with Gasteiger partial charge in [0.05, 0.1) is 5.56 Å². The summed E-state index contributed by atoms with van der Waals surface area (Å²) in [7, 11) is 0. The summed E-state index contributed by atoms with van der Waals surface area (Å²) in [5, 5.41) is 0. The van der Waals surface area contributed by atoms with Crippen molar-refractivity contribution in [3.05, 3.63) is 29.6 Å². The van der Waals surface area contributed by atoms with Crippen molar-refractivity contribution in [2.45, 2.75) is 33.4 Å². The van der Waals surface area contributed by atoms with Crippen molar-refractivity contribution in [3.63, 3.8) is 0 Å². The van der Waals surface area contributed by atoms with Crippen LogP contribution in [0.5, 0.6) is 0 Å². The van der Waals surface area contributed by atoms with Gasteiger partial charge in [0.25, 0.3) is 0 Å². The molecular formula is C11H14F3N. The normalized spacial score (nSPS) is 12.9. The maximum absolute atomic E-state index is 12.2. The van der Waals surface area contributed by atoms with Gasteiger partial charge in [0.1, 0.15) is 0 Å². The molecule has 0 bridgehead atoms. The number of nitrogens with zero attached hydrogens (tertiary/aromatic N) is 1. The first-order valence-corrected chi connectivity index (χ1v) is 4.71. The highest BCUT2D eigenvalue weighted by Gasteiger charge is 2.30. The predicted octanol–water partition coefficient (Wildman–Crippen LogP) is 3.69. The van der Waals surface area contributed by atoms with Gasteiger partial charge in [0.2, 0.25) is 0 Å². The highest BCUT2D eigenvalue weighted by Crippen LogP contribution is 2.29. The predicted molar refractivity (Wildman–Crippen MR) is 52.4 cm³/mol. The summed E-state index contributed by atoms with van der Waals surface area (Å²) in [4.78, 5) is 3.81. The van der Waals surface area contributed by atoms with Gasteiger partial charge in [-0.15, -0.1) is 0 Å². The van der Waals surface area contributed by atoms with Crippen LogP contribution in [-0.4, -0.2) is 4.98 Å². The number of halogens is 3. The SMILES string of the molecule is CC(C)(C)Cc1ccc(C(F)(F)F)cn1. The third-order valence-electron chi connectivity index (χ3n) is 1.86. The van der Waals surface area contributed by atoms with E-state index in [2.05, 4.69) is 4.98 Å². The Balaban J connectivity index is 2.82. The van der Waals surface area contributed by atoms with Crippen LogP contribution in [0.4, 0.5) is 13.2 Å². The minimum Gasteiger partial charge on any atom is -0.261 e. The fourth-order valence-electron chi connectivity index (χ4n) is 1.24. The van der Waals surface area contributed by atoms with E-state index < -0.39 is 11.7 Å². The highest BCUT2D eigenvalue weighted by molar-refractivity contribution is 5.17. The Morgan fingerprint density at radius 2 is 1.73 bits per heavy atom. The second-order valence-corrected chi connectivity index (χ2v) is 4.77. The average molecular weight is 217 g/mol. The van der Waals surface area contributed by atoms with Crippen molar-refractivity contribution in [1.29, 1.82) is 0 Å². The number of pyridine rings is 1. The van der Waals surface area contributed by atoms with Crippen LogP contribution in [0.15, 0.2) is 18.3 Å². The summed E-state index contributed by atoms with van der Waals surface area (Å²) in [6, 6.07) is 2.52. The van der Waals surface area contributed by atoms with Crippen molar-refractivity contribution in [1.82, 2.24) is 4.98 Å². The van der Waals surface area contributed by atoms with E-state index in [9.17, 15) is 13.2 Å². The first-order valence-electron chi connectivity index (χ1n) is 4.71. The Morgan fingerprint density at radius 1 is 1.13 bits per heavy atom. The zero-order chi connectivity index (χ0) is 11.7. The molecule has 0 aliphatic carbocycles. The smallest absolute Gasteiger partial charge is 0.261 e. The molecule has 0 fully saturated rings. The number of hydrogen-bond donors (Lipinski definition) is 0. The van der Waals surface area contributed by atoms with Crippen molar-refractivity contribution in [2.75, 3.05) is 0 Å². The summed E-state index contributed by atoms with van der Waals surface area (Å²) >= 11 is 0. The van der Waals surface area contributed by atoms with Gasteiger partial charge in [-0.05, 0) is 24.0 Å². The molecule has 0 atom stereocenters. The summed E-state index contributed by atoms with van der Waals surface area (Å²) in [5.74, 6) is 0. The third kappa shape index (κ3) is 3.90. The number of aromatic nitrogens is 1. The van der Waals surface area contributed by atoms with E-state index in [0.29, 0.717) is 12.1 Å². The molecule has 4 heteroatoms. The van der Waals surface area contributed by atoms with Crippen LogP contribution >= 0.6 is 0 Å². The van der Waals surface area contributed by atoms with E-state index in [4.69, 9.17) is 0 Å². The molecule has 0 spiro atoms. The molecule has 0 N–H and O–H groups in total. The lowest BCUT2D eigenvalue weighted by Crippen LogP contribution is -2.11. The van der Waals surface area contributed by atoms with Crippen molar-refractivity contribution in [2.24, 2.45) is 5.41 Å². The quantitative estimate of drug-likeness (QED) is 0.699. The molecule has 1 aromatic heterocycles. The largest absolute Gasteiger partial charge is 0.417 e. The summed E-state index contributed by atoms with van der Waals surface area (Å²) in [6.45, 7) is 6.06. The third-order valence-corrected chi connectivity index (χ3v) is 1.86. The van der Waals surface area contributed by atoms with E-state index in [1.165, 1.54) is 6.07 Å². The summed E-state index contributed by atoms with van der Waals surface area (Å²) in [5.41, 5.74) is 0.0305. The second kappa shape index (κ2) is 3.83. The topological polar surface area (TPSA) is 12.9 Å². The Bertz CT molecular complexity index is 319. The van der Waals surface area contributed by atoms with E-state index in [0.717, 1.165) is 12.3 Å². The van der Waals surface area contributed by atoms with Crippen molar-refractivity contribution >= 4 is 0 Å². The molecule has 1 heterocycles. The first kappa shape index (κ1) is 12.0. The molecule has 0 saturated heterocycles. The van der Waals surface area contributed by atoms with Gasteiger partial charge in [-0.1, -0.05) is 20.8 Å². The van der Waals surface area contributed by atoms with E-state index in [-0.39, 0.29) is 5.41 Å². The van der Waals surface area contributed by atoms with E-state index in [1.807, 2.05) is 20.8 Å². The van der Waals surface area contributed by atoms with Crippen molar-refractivity contribution < 1.29 is 13.2 Å². The summed E-state index contributed by atoms with van der Waals surface area (Å²) < 4.78 is 36.7. The molecule has 0 aliphatic rings. The van der Waals surface area contributed by atoms with Crippen LogP contribution in [0.3, 0.4) is 0 Å². The lowest BCUT2D eigenvalue weighted by Gasteiger charge is -2.17. The van der Waals surface area contributed by atoms with Crippen LogP contribution in [0.25, 0.3) is 0 Å². The molecule has 0 saturated carbocycles. The average Bonchev–Trinajstić information content (AvgIpc) is 2.00. The number of hydrogen-bond acceptors (Lipinski definition) is 1. The van der Waals surface area contributed by atoms with E-state index >= 15 is 0 Å². The Hall–Kier alpha value is -1.06. The molecule has 15 heavy (non-hydrogen) atoms. The van der Waals surface area contributed by atoms with Gasteiger partial charge in [0, 0.05) is 11.9 Å². The fourth-order valence-corrected chi connectivity index (χ4v) is 1.24. The zero-order valence-electron chi connectivity index (χ0n) is 9.02. The monoisotopic (exact) mass is 217 g/mol. The van der Waals surface area contributed by atoms with Crippen LogP contribution in [0.1, 0.15) is 32.0 Å². The minimum atomic E-state index is -4.30. The fraction of sp³-hybridized carbons (Fsp3) is 0.545. The molecule has 1 nitrogen and oxygen atoms in total. The Morgan fingerprint density at radius 3 is 2.07 bits per heavy atom. The Kier molecular flexibility index (Phi) is 3.07. The molecule has 0 amide bonds. The number of rotatable bonds is 1. The molecule has 0 unspecified atom stereocenters. The van der Waals surface area contributed by atoms with E-state index in [1.54, 1.807) is 0 Å². The second-order valence-electron chi connectivity index (χ2n) is 4.77. The maximum atomic E-state index is 12.2. The summed E-state index contributed by atoms with van der Waals surface area (Å²) in [6.07, 6.45) is -2.74. The molecule has 0 aromatic carbocycles.